The number of carboxylic acids is 1. The van der Waals surface area contributed by atoms with E-state index in [1.807, 2.05) is 0 Å². The molecule has 1 fully saturated rings. The molecule has 0 aromatic heterocycles. The molecule has 5 heteroatoms. The van der Waals surface area contributed by atoms with E-state index in [0.29, 0.717) is 25.6 Å². The van der Waals surface area contributed by atoms with Crippen LogP contribution < -0.4 is 5.32 Å². The quantitative estimate of drug-likeness (QED) is 0.754. The predicted octanol–water partition coefficient (Wildman–Crippen LogP) is 1.97. The summed E-state index contributed by atoms with van der Waals surface area (Å²) in [6.45, 7) is 10.5. The third-order valence-corrected chi connectivity index (χ3v) is 4.49. The highest BCUT2D eigenvalue weighted by atomic mass is 16.4. The van der Waals surface area contributed by atoms with Gasteiger partial charge in [0.25, 0.3) is 0 Å². The van der Waals surface area contributed by atoms with Crippen LogP contribution in [0.3, 0.4) is 0 Å². The van der Waals surface area contributed by atoms with Gasteiger partial charge in [0.2, 0.25) is 5.91 Å². The molecule has 122 valence electrons. The van der Waals surface area contributed by atoms with E-state index < -0.39 is 11.4 Å². The molecule has 1 aliphatic heterocycles. The van der Waals surface area contributed by atoms with Crippen molar-refractivity contribution in [3.63, 3.8) is 0 Å². The van der Waals surface area contributed by atoms with Gasteiger partial charge >= 0.3 is 5.97 Å². The summed E-state index contributed by atoms with van der Waals surface area (Å²) in [5.74, 6) is -0.0200. The highest BCUT2D eigenvalue weighted by Crippen LogP contribution is 2.34. The molecule has 1 amide bonds. The van der Waals surface area contributed by atoms with Crippen LogP contribution in [0.2, 0.25) is 0 Å². The molecule has 0 aliphatic carbocycles. The van der Waals surface area contributed by atoms with E-state index in [1.165, 1.54) is 0 Å². The second-order valence-electron chi connectivity index (χ2n) is 7.13. The van der Waals surface area contributed by atoms with Crippen molar-refractivity contribution in [1.82, 2.24) is 10.2 Å². The Hall–Kier alpha value is -1.10. The van der Waals surface area contributed by atoms with Gasteiger partial charge in [-0.15, -0.1) is 0 Å². The number of carbonyl (C=O) groups excluding carboxylic acids is 1. The zero-order valence-electron chi connectivity index (χ0n) is 13.8. The summed E-state index contributed by atoms with van der Waals surface area (Å²) in [6, 6.07) is 0. The molecule has 0 aromatic carbocycles. The van der Waals surface area contributed by atoms with Crippen LogP contribution in [0, 0.1) is 17.3 Å². The number of rotatable bonds is 7. The van der Waals surface area contributed by atoms with Crippen molar-refractivity contribution < 1.29 is 14.7 Å². The van der Waals surface area contributed by atoms with Gasteiger partial charge in [-0.05, 0) is 51.5 Å². The summed E-state index contributed by atoms with van der Waals surface area (Å²) >= 11 is 0. The number of nitrogens with zero attached hydrogens (tertiary/aromatic N) is 1. The van der Waals surface area contributed by atoms with E-state index >= 15 is 0 Å². The van der Waals surface area contributed by atoms with Crippen molar-refractivity contribution in [3.8, 4) is 0 Å². The molecule has 21 heavy (non-hydrogen) atoms. The minimum Gasteiger partial charge on any atom is -0.481 e. The van der Waals surface area contributed by atoms with Crippen LogP contribution in [0.25, 0.3) is 0 Å². The monoisotopic (exact) mass is 298 g/mol. The number of piperidine rings is 1. The summed E-state index contributed by atoms with van der Waals surface area (Å²) in [4.78, 5) is 25.4. The second kappa shape index (κ2) is 7.78. The Morgan fingerprint density at radius 2 is 2.05 bits per heavy atom. The molecule has 2 N–H and O–H groups in total. The number of hydrogen-bond acceptors (Lipinski definition) is 3. The molecule has 1 aliphatic rings. The Bertz CT molecular complexity index is 367. The lowest BCUT2D eigenvalue weighted by atomic mass is 9.74. The Morgan fingerprint density at radius 1 is 1.38 bits per heavy atom. The van der Waals surface area contributed by atoms with Crippen molar-refractivity contribution in [2.75, 3.05) is 26.2 Å². The minimum atomic E-state index is -0.754. The molecule has 0 saturated carbocycles. The summed E-state index contributed by atoms with van der Waals surface area (Å²) < 4.78 is 0. The topological polar surface area (TPSA) is 69.6 Å². The fourth-order valence-corrected chi connectivity index (χ4v) is 2.72. The van der Waals surface area contributed by atoms with E-state index in [4.69, 9.17) is 0 Å². The first-order valence-electron chi connectivity index (χ1n) is 7.96. The number of carboxylic acid groups (broad SMARTS) is 1. The molecule has 0 aromatic rings. The van der Waals surface area contributed by atoms with Crippen molar-refractivity contribution in [3.05, 3.63) is 0 Å². The van der Waals surface area contributed by atoms with E-state index in [0.717, 1.165) is 25.8 Å². The van der Waals surface area contributed by atoms with Crippen molar-refractivity contribution in [2.24, 2.45) is 17.3 Å². The molecule has 1 saturated heterocycles. The van der Waals surface area contributed by atoms with Crippen LogP contribution in [0.5, 0.6) is 0 Å². The van der Waals surface area contributed by atoms with E-state index in [2.05, 4.69) is 24.1 Å². The normalized spacial score (nSPS) is 20.5. The third kappa shape index (κ3) is 5.65. The van der Waals surface area contributed by atoms with Crippen LogP contribution in [0.4, 0.5) is 0 Å². The first-order chi connectivity index (χ1) is 9.73. The molecular formula is C16H30N2O3. The maximum absolute atomic E-state index is 11.9. The van der Waals surface area contributed by atoms with Gasteiger partial charge in [0.05, 0.1) is 12.0 Å². The SMILES string of the molecule is CC(C)CCNC(=O)CN1CCCC(C(C)(C)C(=O)O)C1. The molecule has 1 atom stereocenters. The lowest BCUT2D eigenvalue weighted by Gasteiger charge is -2.38. The number of aliphatic carboxylic acids is 1. The lowest BCUT2D eigenvalue weighted by Crippen LogP contribution is -2.47. The van der Waals surface area contributed by atoms with Crippen LogP contribution >= 0.6 is 0 Å². The van der Waals surface area contributed by atoms with E-state index in [9.17, 15) is 14.7 Å². The Balaban J connectivity index is 2.42. The maximum Gasteiger partial charge on any atom is 0.309 e. The van der Waals surface area contributed by atoms with Crippen molar-refractivity contribution in [1.29, 1.82) is 0 Å². The van der Waals surface area contributed by atoms with Gasteiger partial charge in [0.1, 0.15) is 0 Å². The zero-order valence-corrected chi connectivity index (χ0v) is 13.8. The molecule has 1 rings (SSSR count). The molecule has 1 heterocycles. The molecule has 1 unspecified atom stereocenters. The number of likely N-dealkylation sites (tertiary alicyclic amines) is 1. The van der Waals surface area contributed by atoms with Crippen molar-refractivity contribution >= 4 is 11.9 Å². The molecule has 0 radical (unpaired) electrons. The van der Waals surface area contributed by atoms with Gasteiger partial charge in [-0.3, -0.25) is 14.5 Å². The van der Waals surface area contributed by atoms with Gasteiger partial charge in [-0.1, -0.05) is 13.8 Å². The largest absolute Gasteiger partial charge is 0.481 e. The molecular weight excluding hydrogens is 268 g/mol. The first kappa shape index (κ1) is 18.0. The van der Waals surface area contributed by atoms with E-state index in [1.54, 1.807) is 13.8 Å². The highest BCUT2D eigenvalue weighted by molar-refractivity contribution is 5.78. The maximum atomic E-state index is 11.9. The number of carbonyl (C=O) groups is 2. The van der Waals surface area contributed by atoms with Crippen LogP contribution in [0.15, 0.2) is 0 Å². The molecule has 0 spiro atoms. The van der Waals surface area contributed by atoms with Gasteiger partial charge in [0.15, 0.2) is 0 Å². The number of nitrogens with one attached hydrogen (secondary N) is 1. The van der Waals surface area contributed by atoms with Gasteiger partial charge < -0.3 is 10.4 Å². The van der Waals surface area contributed by atoms with Crippen LogP contribution in [-0.2, 0) is 9.59 Å². The number of hydrogen-bond donors (Lipinski definition) is 2. The smallest absolute Gasteiger partial charge is 0.309 e. The van der Waals surface area contributed by atoms with Crippen molar-refractivity contribution in [2.45, 2.75) is 47.0 Å². The summed E-state index contributed by atoms with van der Waals surface area (Å²) in [5.41, 5.74) is -0.729. The first-order valence-corrected chi connectivity index (χ1v) is 7.96. The minimum absolute atomic E-state index is 0.0458. The molecule has 0 bridgehead atoms. The summed E-state index contributed by atoms with van der Waals surface area (Å²) in [7, 11) is 0. The average Bonchev–Trinajstić information content (AvgIpc) is 2.38. The predicted molar refractivity (Wildman–Crippen MR) is 83.0 cm³/mol. The third-order valence-electron chi connectivity index (χ3n) is 4.49. The molecule has 5 nitrogen and oxygen atoms in total. The summed E-state index contributed by atoms with van der Waals surface area (Å²) in [5, 5.41) is 12.3. The average molecular weight is 298 g/mol. The lowest BCUT2D eigenvalue weighted by molar-refractivity contribution is -0.151. The van der Waals surface area contributed by atoms with Gasteiger partial charge in [0, 0.05) is 13.1 Å². The Labute approximate surface area is 128 Å². The second-order valence-corrected chi connectivity index (χ2v) is 7.13. The van der Waals surface area contributed by atoms with Gasteiger partial charge in [-0.25, -0.2) is 0 Å². The fourth-order valence-electron chi connectivity index (χ4n) is 2.72. The van der Waals surface area contributed by atoms with Crippen LogP contribution in [-0.4, -0.2) is 48.1 Å². The van der Waals surface area contributed by atoms with Crippen LogP contribution in [0.1, 0.15) is 47.0 Å². The fraction of sp³-hybridized carbons (Fsp3) is 0.875. The summed E-state index contributed by atoms with van der Waals surface area (Å²) in [6.07, 6.45) is 2.87. The standard InChI is InChI=1S/C16H30N2O3/c1-12(2)7-8-17-14(19)11-18-9-5-6-13(10-18)16(3,4)15(20)21/h12-13H,5-11H2,1-4H3,(H,17,19)(H,20,21). The zero-order chi connectivity index (χ0) is 16.0. The Morgan fingerprint density at radius 3 is 2.62 bits per heavy atom. The van der Waals surface area contributed by atoms with Gasteiger partial charge in [-0.2, -0.15) is 0 Å². The number of amides is 1. The van der Waals surface area contributed by atoms with E-state index in [-0.39, 0.29) is 11.8 Å². The highest BCUT2D eigenvalue weighted by Gasteiger charge is 2.39. The Kier molecular flexibility index (Phi) is 6.65.